The van der Waals surface area contributed by atoms with Crippen LogP contribution >= 0.6 is 0 Å². The second-order valence-electron chi connectivity index (χ2n) is 5.53. The number of nitriles is 1. The molecule has 1 fully saturated rings. The fraction of sp³-hybridized carbons (Fsp3) is 0.667. The lowest BCUT2D eigenvalue weighted by molar-refractivity contribution is 0.187. The average molecular weight is 260 g/mol. The minimum Gasteiger partial charge on any atom is -0.384 e. The van der Waals surface area contributed by atoms with E-state index in [0.717, 1.165) is 37.2 Å². The van der Waals surface area contributed by atoms with Crippen molar-refractivity contribution in [3.8, 4) is 6.07 Å². The monoisotopic (exact) mass is 260 g/mol. The molecule has 0 saturated carbocycles. The predicted molar refractivity (Wildman–Crippen MR) is 78.0 cm³/mol. The molecule has 0 bridgehead atoms. The van der Waals surface area contributed by atoms with E-state index in [-0.39, 0.29) is 0 Å². The van der Waals surface area contributed by atoms with Crippen molar-refractivity contribution in [1.29, 1.82) is 5.26 Å². The number of piperidine rings is 1. The summed E-state index contributed by atoms with van der Waals surface area (Å²) in [5.74, 6) is 0.659. The molecule has 4 heteroatoms. The minimum absolute atomic E-state index is 0.453. The van der Waals surface area contributed by atoms with E-state index in [2.05, 4.69) is 29.4 Å². The average Bonchev–Trinajstić information content (AvgIpc) is 2.62. The van der Waals surface area contributed by atoms with Crippen LogP contribution < -0.4 is 5.73 Å². The Morgan fingerprint density at radius 1 is 1.32 bits per heavy atom. The van der Waals surface area contributed by atoms with Crippen LogP contribution in [0.25, 0.3) is 0 Å². The Labute approximate surface area is 115 Å². The second kappa shape index (κ2) is 5.66. The number of nitrogen functional groups attached to an aromatic ring is 1. The summed E-state index contributed by atoms with van der Waals surface area (Å²) in [5.41, 5.74) is 9.02. The van der Waals surface area contributed by atoms with Gasteiger partial charge in [-0.3, -0.25) is 0 Å². The number of aromatic nitrogens is 1. The summed E-state index contributed by atoms with van der Waals surface area (Å²) in [6, 6.07) is 2.69. The molecular formula is C15H24N4. The summed E-state index contributed by atoms with van der Waals surface area (Å²) in [6.07, 6.45) is 3.47. The van der Waals surface area contributed by atoms with Crippen LogP contribution in [0.1, 0.15) is 49.0 Å². The maximum atomic E-state index is 9.20. The van der Waals surface area contributed by atoms with Gasteiger partial charge in [0.25, 0.3) is 0 Å². The van der Waals surface area contributed by atoms with E-state index in [4.69, 9.17) is 5.73 Å². The van der Waals surface area contributed by atoms with Gasteiger partial charge < -0.3 is 15.2 Å². The van der Waals surface area contributed by atoms with Crippen molar-refractivity contribution in [2.45, 2.75) is 46.1 Å². The first-order valence-electron chi connectivity index (χ1n) is 7.19. The smallest absolute Gasteiger partial charge is 0.122 e. The number of hydrogen-bond donors (Lipinski definition) is 1. The molecule has 1 saturated heterocycles. The van der Waals surface area contributed by atoms with Crippen molar-refractivity contribution in [3.63, 3.8) is 0 Å². The fourth-order valence-electron chi connectivity index (χ4n) is 3.18. The molecule has 0 amide bonds. The first-order chi connectivity index (χ1) is 9.10. The van der Waals surface area contributed by atoms with Crippen LogP contribution in [0.3, 0.4) is 0 Å². The van der Waals surface area contributed by atoms with Crippen LogP contribution in [0.15, 0.2) is 0 Å². The van der Waals surface area contributed by atoms with Crippen LogP contribution in [-0.4, -0.2) is 29.1 Å². The molecule has 2 N–H and O–H groups in total. The van der Waals surface area contributed by atoms with E-state index in [9.17, 15) is 5.26 Å². The van der Waals surface area contributed by atoms with Gasteiger partial charge in [0.15, 0.2) is 0 Å². The van der Waals surface area contributed by atoms with Crippen molar-refractivity contribution in [2.75, 3.05) is 25.4 Å². The van der Waals surface area contributed by atoms with Crippen molar-refractivity contribution < 1.29 is 0 Å². The number of hydrogen-bond acceptors (Lipinski definition) is 3. The van der Waals surface area contributed by atoms with Crippen LogP contribution in [0.5, 0.6) is 0 Å². The van der Waals surface area contributed by atoms with Crippen molar-refractivity contribution in [3.05, 3.63) is 16.8 Å². The highest BCUT2D eigenvalue weighted by Gasteiger charge is 2.25. The van der Waals surface area contributed by atoms with Crippen molar-refractivity contribution >= 4 is 5.82 Å². The molecule has 1 aromatic heterocycles. The van der Waals surface area contributed by atoms with Crippen LogP contribution in [0, 0.1) is 25.2 Å². The Morgan fingerprint density at radius 3 is 2.42 bits per heavy atom. The van der Waals surface area contributed by atoms with E-state index in [1.165, 1.54) is 13.0 Å². The molecule has 0 aromatic carbocycles. The molecule has 4 nitrogen and oxygen atoms in total. The maximum Gasteiger partial charge on any atom is 0.122 e. The highest BCUT2D eigenvalue weighted by molar-refractivity contribution is 5.58. The zero-order chi connectivity index (χ0) is 14.0. The highest BCUT2D eigenvalue weighted by Crippen LogP contribution is 2.32. The molecule has 0 radical (unpaired) electrons. The normalized spacial score (nSPS) is 17.6. The Morgan fingerprint density at radius 2 is 1.95 bits per heavy atom. The highest BCUT2D eigenvalue weighted by atomic mass is 15.2. The molecule has 1 aromatic rings. The fourth-order valence-corrected chi connectivity index (χ4v) is 3.18. The SMILES string of the molecule is CCCN1CCC(n2c(C)c(C)c(C#N)c2N)CC1. The Kier molecular flexibility index (Phi) is 4.16. The predicted octanol–water partition coefficient (Wildman–Crippen LogP) is 2.61. The lowest BCUT2D eigenvalue weighted by atomic mass is 10.0. The second-order valence-corrected chi connectivity index (χ2v) is 5.53. The lowest BCUT2D eigenvalue weighted by Gasteiger charge is -2.33. The molecule has 0 unspecified atom stereocenters. The molecule has 1 aliphatic heterocycles. The van der Waals surface area contributed by atoms with Crippen molar-refractivity contribution in [1.82, 2.24) is 9.47 Å². The summed E-state index contributed by atoms with van der Waals surface area (Å²) in [4.78, 5) is 2.52. The third-order valence-corrected chi connectivity index (χ3v) is 4.37. The Bertz CT molecular complexity index is 487. The van der Waals surface area contributed by atoms with Gasteiger partial charge in [-0.05, 0) is 45.2 Å². The van der Waals surface area contributed by atoms with Gasteiger partial charge in [0.1, 0.15) is 11.9 Å². The van der Waals surface area contributed by atoms with Gasteiger partial charge in [-0.1, -0.05) is 6.92 Å². The lowest BCUT2D eigenvalue weighted by Crippen LogP contribution is -2.35. The number of nitrogens with zero attached hydrogens (tertiary/aromatic N) is 3. The molecule has 0 aliphatic carbocycles. The topological polar surface area (TPSA) is 58.0 Å². The quantitative estimate of drug-likeness (QED) is 0.908. The summed E-state index contributed by atoms with van der Waals surface area (Å²) < 4.78 is 2.19. The van der Waals surface area contributed by atoms with Crippen molar-refractivity contribution in [2.24, 2.45) is 0 Å². The number of rotatable bonds is 3. The van der Waals surface area contributed by atoms with Crippen LogP contribution in [0.2, 0.25) is 0 Å². The molecule has 2 rings (SSSR count). The minimum atomic E-state index is 0.453. The van der Waals surface area contributed by atoms with E-state index in [1.807, 2.05) is 6.92 Å². The van der Waals surface area contributed by atoms with E-state index < -0.39 is 0 Å². The van der Waals surface area contributed by atoms with Gasteiger partial charge in [0, 0.05) is 24.8 Å². The largest absolute Gasteiger partial charge is 0.384 e. The molecule has 2 heterocycles. The van der Waals surface area contributed by atoms with Gasteiger partial charge in [-0.15, -0.1) is 0 Å². The molecule has 1 aliphatic rings. The van der Waals surface area contributed by atoms with E-state index >= 15 is 0 Å². The van der Waals surface area contributed by atoms with Gasteiger partial charge >= 0.3 is 0 Å². The number of nitrogens with two attached hydrogens (primary N) is 1. The van der Waals surface area contributed by atoms with Gasteiger partial charge in [0.05, 0.1) is 5.56 Å². The van der Waals surface area contributed by atoms with Crippen LogP contribution in [-0.2, 0) is 0 Å². The van der Waals surface area contributed by atoms with Gasteiger partial charge in [0.2, 0.25) is 0 Å². The standard InChI is InChI=1S/C15H24N4/c1-4-7-18-8-5-13(6-9-18)19-12(3)11(2)14(10-16)15(19)17/h13H,4-9,17H2,1-3H3. The van der Waals surface area contributed by atoms with Gasteiger partial charge in [-0.2, -0.15) is 5.26 Å². The summed E-state index contributed by atoms with van der Waals surface area (Å²) in [6.45, 7) is 9.75. The molecule has 19 heavy (non-hydrogen) atoms. The maximum absolute atomic E-state index is 9.20. The van der Waals surface area contributed by atoms with Crippen LogP contribution in [0.4, 0.5) is 5.82 Å². The third-order valence-electron chi connectivity index (χ3n) is 4.37. The Hall–Kier alpha value is -1.47. The summed E-state index contributed by atoms with van der Waals surface area (Å²) in [7, 11) is 0. The zero-order valence-electron chi connectivity index (χ0n) is 12.2. The number of likely N-dealkylation sites (tertiary alicyclic amines) is 1. The Balaban J connectivity index is 2.19. The molecular weight excluding hydrogens is 236 g/mol. The molecule has 0 spiro atoms. The van der Waals surface area contributed by atoms with E-state index in [0.29, 0.717) is 17.4 Å². The zero-order valence-corrected chi connectivity index (χ0v) is 12.2. The third kappa shape index (κ3) is 2.48. The summed E-state index contributed by atoms with van der Waals surface area (Å²) in [5, 5.41) is 9.20. The molecule has 0 atom stereocenters. The summed E-state index contributed by atoms with van der Waals surface area (Å²) >= 11 is 0. The van der Waals surface area contributed by atoms with E-state index in [1.54, 1.807) is 0 Å². The molecule has 104 valence electrons. The number of anilines is 1. The first-order valence-corrected chi connectivity index (χ1v) is 7.19. The first kappa shape index (κ1) is 14.0. The van der Waals surface area contributed by atoms with Gasteiger partial charge in [-0.25, -0.2) is 0 Å².